The zero-order chi connectivity index (χ0) is 17.4. The van der Waals surface area contributed by atoms with Gasteiger partial charge in [-0.3, -0.25) is 0 Å². The van der Waals surface area contributed by atoms with Crippen LogP contribution in [0.2, 0.25) is 0 Å². The second-order valence-corrected chi connectivity index (χ2v) is 5.74. The van der Waals surface area contributed by atoms with Crippen LogP contribution in [0, 0.1) is 22.7 Å². The number of likely N-dealkylation sites (N-methyl/N-ethyl adjacent to an activating group) is 1. The minimum Gasteiger partial charge on any atom is -0.347 e. The van der Waals surface area contributed by atoms with Crippen LogP contribution in [0.5, 0.6) is 0 Å². The molecule has 1 aromatic rings. The van der Waals surface area contributed by atoms with Crippen molar-refractivity contribution in [3.63, 3.8) is 0 Å². The molecule has 0 bridgehead atoms. The third kappa shape index (κ3) is 2.68. The number of rotatable bonds is 1. The number of benzene rings is 1. The Labute approximate surface area is 132 Å². The summed E-state index contributed by atoms with van der Waals surface area (Å²) in [5.41, 5.74) is -0.742. The van der Waals surface area contributed by atoms with Crippen LogP contribution in [0.1, 0.15) is 19.4 Å². The van der Waals surface area contributed by atoms with Gasteiger partial charge in [0.05, 0.1) is 5.57 Å². The van der Waals surface area contributed by atoms with Crippen molar-refractivity contribution in [3.8, 4) is 12.1 Å². The maximum Gasteiger partial charge on any atom is 0.418 e. The molecule has 1 heterocycles. The van der Waals surface area contributed by atoms with Gasteiger partial charge in [-0.1, -0.05) is 32.0 Å². The largest absolute Gasteiger partial charge is 0.418 e. The van der Waals surface area contributed by atoms with Crippen molar-refractivity contribution in [1.29, 1.82) is 10.5 Å². The summed E-state index contributed by atoms with van der Waals surface area (Å²) in [5, 5.41) is 17.7. The lowest BCUT2D eigenvalue weighted by atomic mass is 9.83. The highest BCUT2D eigenvalue weighted by molar-refractivity contribution is 5.71. The highest BCUT2D eigenvalue weighted by Crippen LogP contribution is 2.47. The van der Waals surface area contributed by atoms with E-state index >= 15 is 0 Å². The summed E-state index contributed by atoms with van der Waals surface area (Å²) in [7, 11) is 1.67. The predicted octanol–water partition coefficient (Wildman–Crippen LogP) is 4.20. The van der Waals surface area contributed by atoms with Gasteiger partial charge in [-0.2, -0.15) is 23.7 Å². The molecule has 2 rings (SSSR count). The number of hydrogen-bond acceptors (Lipinski definition) is 3. The lowest BCUT2D eigenvalue weighted by Gasteiger charge is -2.25. The summed E-state index contributed by atoms with van der Waals surface area (Å²) in [5.74, 6) is 0. The van der Waals surface area contributed by atoms with Crippen molar-refractivity contribution >= 4 is 5.69 Å². The molecule has 0 saturated carbocycles. The first-order chi connectivity index (χ1) is 10.6. The van der Waals surface area contributed by atoms with E-state index in [0.717, 1.165) is 17.3 Å². The highest BCUT2D eigenvalue weighted by Gasteiger charge is 2.42. The van der Waals surface area contributed by atoms with Crippen molar-refractivity contribution in [2.24, 2.45) is 0 Å². The van der Waals surface area contributed by atoms with Gasteiger partial charge in [0.25, 0.3) is 0 Å². The second kappa shape index (κ2) is 5.48. The van der Waals surface area contributed by atoms with Gasteiger partial charge in [-0.25, -0.2) is 0 Å². The van der Waals surface area contributed by atoms with Crippen molar-refractivity contribution < 1.29 is 13.2 Å². The van der Waals surface area contributed by atoms with Gasteiger partial charge in [0.1, 0.15) is 17.7 Å². The minimum atomic E-state index is -4.78. The Balaban J connectivity index is 2.71. The molecule has 1 aliphatic rings. The fourth-order valence-corrected chi connectivity index (χ4v) is 2.84. The molecule has 3 nitrogen and oxygen atoms in total. The summed E-state index contributed by atoms with van der Waals surface area (Å²) < 4.78 is 39.8. The molecule has 0 saturated heterocycles. The van der Waals surface area contributed by atoms with Gasteiger partial charge in [0, 0.05) is 23.8 Å². The van der Waals surface area contributed by atoms with E-state index in [-0.39, 0.29) is 0 Å². The Hall–Kier alpha value is -2.73. The zero-order valence-electron chi connectivity index (χ0n) is 12.9. The van der Waals surface area contributed by atoms with Crippen LogP contribution >= 0.6 is 0 Å². The molecule has 0 unspecified atom stereocenters. The van der Waals surface area contributed by atoms with E-state index < -0.39 is 22.7 Å². The third-order valence-corrected chi connectivity index (χ3v) is 4.02. The van der Waals surface area contributed by atoms with Crippen LogP contribution in [-0.2, 0) is 5.41 Å². The van der Waals surface area contributed by atoms with Crippen molar-refractivity contribution in [2.45, 2.75) is 25.4 Å². The average Bonchev–Trinajstić information content (AvgIpc) is 2.67. The topological polar surface area (TPSA) is 50.8 Å². The van der Waals surface area contributed by atoms with E-state index in [4.69, 9.17) is 10.5 Å². The molecule has 0 spiro atoms. The van der Waals surface area contributed by atoms with Gasteiger partial charge in [-0.05, 0) is 17.7 Å². The quantitative estimate of drug-likeness (QED) is 0.729. The number of anilines is 1. The van der Waals surface area contributed by atoms with Gasteiger partial charge >= 0.3 is 6.18 Å². The Morgan fingerprint density at radius 2 is 1.74 bits per heavy atom. The first-order valence-electron chi connectivity index (χ1n) is 6.81. The average molecular weight is 317 g/mol. The third-order valence-electron chi connectivity index (χ3n) is 4.02. The fourth-order valence-electron chi connectivity index (χ4n) is 2.84. The Bertz CT molecular complexity index is 771. The van der Waals surface area contributed by atoms with E-state index in [1.807, 2.05) is 38.1 Å². The van der Waals surface area contributed by atoms with Crippen LogP contribution in [0.25, 0.3) is 0 Å². The van der Waals surface area contributed by atoms with Gasteiger partial charge < -0.3 is 4.90 Å². The van der Waals surface area contributed by atoms with Crippen LogP contribution in [0.3, 0.4) is 0 Å². The van der Waals surface area contributed by atoms with Crippen molar-refractivity contribution in [3.05, 3.63) is 52.7 Å². The number of hydrogen-bond donors (Lipinski definition) is 0. The number of para-hydroxylation sites is 1. The number of fused-ring (bicyclic) bond motifs is 1. The molecule has 0 N–H and O–H groups in total. The normalized spacial score (nSPS) is 17.4. The monoisotopic (exact) mass is 317 g/mol. The highest BCUT2D eigenvalue weighted by atomic mass is 19.4. The van der Waals surface area contributed by atoms with Crippen LogP contribution in [0.15, 0.2) is 47.2 Å². The molecule has 118 valence electrons. The molecule has 6 heteroatoms. The van der Waals surface area contributed by atoms with Gasteiger partial charge in [0.15, 0.2) is 0 Å². The number of nitrogens with zero attached hydrogens (tertiary/aromatic N) is 3. The van der Waals surface area contributed by atoms with E-state index in [9.17, 15) is 13.2 Å². The Kier molecular flexibility index (Phi) is 3.96. The van der Waals surface area contributed by atoms with E-state index in [2.05, 4.69) is 0 Å². The first kappa shape index (κ1) is 16.6. The van der Waals surface area contributed by atoms with Crippen molar-refractivity contribution in [1.82, 2.24) is 0 Å². The first-order valence-corrected chi connectivity index (χ1v) is 6.81. The minimum absolute atomic E-state index is 0.383. The fraction of sp³-hybridized carbons (Fsp3) is 0.294. The number of halogens is 3. The standard InChI is InChI=1S/C17H14F3N3/c1-16(2)12-6-4-5-7-14(12)23(3)15(16)8-13(17(18,19)20)11(9-21)10-22/h4-8H,1-3H3/b15-8-. The van der Waals surface area contributed by atoms with E-state index in [0.29, 0.717) is 5.70 Å². The number of allylic oxidation sites excluding steroid dienone is 4. The van der Waals surface area contributed by atoms with Crippen LogP contribution < -0.4 is 4.90 Å². The summed E-state index contributed by atoms with van der Waals surface area (Å²) in [4.78, 5) is 1.66. The van der Waals surface area contributed by atoms with Gasteiger partial charge in [-0.15, -0.1) is 0 Å². The maximum absolute atomic E-state index is 13.3. The predicted molar refractivity (Wildman–Crippen MR) is 80.3 cm³/mol. The number of alkyl halides is 3. The Morgan fingerprint density at radius 1 is 1.17 bits per heavy atom. The summed E-state index contributed by atoms with van der Waals surface area (Å²) >= 11 is 0. The SMILES string of the molecule is CN1/C(=C\C(=C(C#N)C#N)C(F)(F)F)C(C)(C)c2ccccc21. The molecular weight excluding hydrogens is 303 g/mol. The summed E-state index contributed by atoms with van der Waals surface area (Å²) in [6.07, 6.45) is -3.87. The molecule has 1 aromatic carbocycles. The maximum atomic E-state index is 13.3. The van der Waals surface area contributed by atoms with Gasteiger partial charge in [0.2, 0.25) is 0 Å². The molecule has 0 aliphatic carbocycles. The summed E-state index contributed by atoms with van der Waals surface area (Å²) in [6.45, 7) is 3.63. The number of nitriles is 2. The Morgan fingerprint density at radius 3 is 2.22 bits per heavy atom. The smallest absolute Gasteiger partial charge is 0.347 e. The zero-order valence-corrected chi connectivity index (χ0v) is 12.9. The van der Waals surface area contributed by atoms with E-state index in [1.54, 1.807) is 11.9 Å². The lowest BCUT2D eigenvalue weighted by Crippen LogP contribution is -2.25. The molecule has 0 atom stereocenters. The second-order valence-electron chi connectivity index (χ2n) is 5.74. The molecule has 0 amide bonds. The molecule has 0 aromatic heterocycles. The molecular formula is C17H14F3N3. The van der Waals surface area contributed by atoms with E-state index in [1.165, 1.54) is 12.1 Å². The molecule has 0 radical (unpaired) electrons. The van der Waals surface area contributed by atoms with Crippen LogP contribution in [-0.4, -0.2) is 13.2 Å². The molecule has 0 fully saturated rings. The summed E-state index contributed by atoms with van der Waals surface area (Å²) in [6, 6.07) is 9.98. The lowest BCUT2D eigenvalue weighted by molar-refractivity contribution is -0.0886. The van der Waals surface area contributed by atoms with Crippen molar-refractivity contribution in [2.75, 3.05) is 11.9 Å². The van der Waals surface area contributed by atoms with Crippen LogP contribution in [0.4, 0.5) is 18.9 Å². The molecule has 23 heavy (non-hydrogen) atoms. The molecule has 1 aliphatic heterocycles.